The minimum Gasteiger partial charge on any atom is -0.481 e. The number of hydrogen-bond acceptors (Lipinski definition) is 4. The lowest BCUT2D eigenvalue weighted by Gasteiger charge is -2.10. The van der Waals surface area contributed by atoms with Crippen molar-refractivity contribution in [1.82, 2.24) is 15.3 Å². The van der Waals surface area contributed by atoms with Crippen molar-refractivity contribution in [2.24, 2.45) is 0 Å². The Morgan fingerprint density at radius 2 is 2.00 bits per heavy atom. The van der Waals surface area contributed by atoms with Crippen LogP contribution in [-0.4, -0.2) is 44.1 Å². The highest BCUT2D eigenvalue weighted by Crippen LogP contribution is 1.96. The molecule has 0 aromatic carbocycles. The fourth-order valence-electron chi connectivity index (χ4n) is 1.07. The number of aromatic nitrogens is 2. The van der Waals surface area contributed by atoms with Gasteiger partial charge in [0.25, 0.3) is 5.91 Å². The Morgan fingerprint density at radius 3 is 2.41 bits per heavy atom. The number of carbonyl (C=O) groups excluding carboxylic acids is 1. The molecule has 0 saturated heterocycles. The van der Waals surface area contributed by atoms with Crippen molar-refractivity contribution in [3.63, 3.8) is 0 Å². The molecule has 0 unspecified atom stereocenters. The van der Waals surface area contributed by atoms with Crippen LogP contribution in [0, 0.1) is 0 Å². The van der Waals surface area contributed by atoms with Crippen molar-refractivity contribution >= 4 is 17.8 Å². The predicted molar refractivity (Wildman–Crippen MR) is 52.6 cm³/mol. The number of nitrogens with one attached hydrogen (secondary N) is 3. The maximum atomic E-state index is 11.4. The molecule has 0 fully saturated rings. The van der Waals surface area contributed by atoms with Crippen molar-refractivity contribution in [1.29, 1.82) is 0 Å². The van der Waals surface area contributed by atoms with E-state index < -0.39 is 36.0 Å². The summed E-state index contributed by atoms with van der Waals surface area (Å²) in [6, 6.07) is -1.56. The SMILES string of the molecule is O=C(O)C[C@@H](NC(=O)c1c[nH]c(=O)[nH]1)C(=O)O. The zero-order valence-electron chi connectivity index (χ0n) is 8.39. The lowest BCUT2D eigenvalue weighted by atomic mass is 10.2. The molecule has 0 bridgehead atoms. The van der Waals surface area contributed by atoms with Gasteiger partial charge in [-0.25, -0.2) is 9.59 Å². The third-order valence-electron chi connectivity index (χ3n) is 1.82. The van der Waals surface area contributed by atoms with E-state index in [0.717, 1.165) is 6.20 Å². The summed E-state index contributed by atoms with van der Waals surface area (Å²) in [7, 11) is 0. The van der Waals surface area contributed by atoms with Gasteiger partial charge in [0, 0.05) is 6.20 Å². The van der Waals surface area contributed by atoms with Gasteiger partial charge < -0.3 is 25.5 Å². The van der Waals surface area contributed by atoms with Gasteiger partial charge in [0.05, 0.1) is 6.42 Å². The molecule has 1 atom stereocenters. The van der Waals surface area contributed by atoms with Gasteiger partial charge in [0.1, 0.15) is 11.7 Å². The molecule has 1 aromatic heterocycles. The van der Waals surface area contributed by atoms with E-state index in [-0.39, 0.29) is 5.69 Å². The number of aliphatic carboxylic acids is 2. The first-order chi connectivity index (χ1) is 7.90. The third-order valence-corrected chi connectivity index (χ3v) is 1.82. The third kappa shape index (κ3) is 3.48. The molecule has 0 aliphatic heterocycles. The normalized spacial score (nSPS) is 11.8. The average molecular weight is 243 g/mol. The summed E-state index contributed by atoms with van der Waals surface area (Å²) in [5.74, 6) is -3.71. The molecule has 1 amide bonds. The molecule has 5 N–H and O–H groups in total. The second-order valence-electron chi connectivity index (χ2n) is 3.12. The van der Waals surface area contributed by atoms with Crippen LogP contribution in [0.5, 0.6) is 0 Å². The highest BCUT2D eigenvalue weighted by molar-refractivity contribution is 5.95. The molecule has 92 valence electrons. The topological polar surface area (TPSA) is 152 Å². The summed E-state index contributed by atoms with van der Waals surface area (Å²) < 4.78 is 0. The van der Waals surface area contributed by atoms with Crippen LogP contribution in [0.3, 0.4) is 0 Å². The molecule has 1 heterocycles. The molecule has 9 nitrogen and oxygen atoms in total. The minimum absolute atomic E-state index is 0.174. The summed E-state index contributed by atoms with van der Waals surface area (Å²) >= 11 is 0. The fraction of sp³-hybridized carbons (Fsp3) is 0.250. The van der Waals surface area contributed by atoms with Crippen molar-refractivity contribution in [2.75, 3.05) is 0 Å². The monoisotopic (exact) mass is 243 g/mol. The summed E-state index contributed by atoms with van der Waals surface area (Å²) in [4.78, 5) is 47.4. The van der Waals surface area contributed by atoms with E-state index in [1.165, 1.54) is 0 Å². The Hall–Kier alpha value is -2.58. The van der Waals surface area contributed by atoms with Crippen LogP contribution in [0.2, 0.25) is 0 Å². The minimum atomic E-state index is -1.56. The molecule has 0 saturated carbocycles. The zero-order chi connectivity index (χ0) is 13.0. The van der Waals surface area contributed by atoms with E-state index in [1.807, 2.05) is 5.32 Å². The van der Waals surface area contributed by atoms with Gasteiger partial charge in [-0.2, -0.15) is 0 Å². The first-order valence-corrected chi connectivity index (χ1v) is 4.43. The number of H-pyrrole nitrogens is 2. The Kier molecular flexibility index (Phi) is 3.65. The number of amides is 1. The number of carboxylic acids is 2. The smallest absolute Gasteiger partial charge is 0.326 e. The van der Waals surface area contributed by atoms with E-state index in [2.05, 4.69) is 9.97 Å². The van der Waals surface area contributed by atoms with E-state index in [9.17, 15) is 19.2 Å². The summed E-state index contributed by atoms with van der Waals surface area (Å²) in [6.45, 7) is 0. The van der Waals surface area contributed by atoms with E-state index in [4.69, 9.17) is 10.2 Å². The molecule has 1 aromatic rings. The zero-order valence-corrected chi connectivity index (χ0v) is 8.39. The summed E-state index contributed by atoms with van der Waals surface area (Å²) in [6.07, 6.45) is 0.299. The Bertz CT molecular complexity index is 501. The molecule has 17 heavy (non-hydrogen) atoms. The summed E-state index contributed by atoms with van der Waals surface area (Å²) in [5.41, 5.74) is -0.799. The summed E-state index contributed by atoms with van der Waals surface area (Å²) in [5, 5.41) is 19.1. The van der Waals surface area contributed by atoms with Crippen LogP contribution in [0.4, 0.5) is 0 Å². The Balaban J connectivity index is 2.74. The maximum Gasteiger partial charge on any atom is 0.326 e. The fourth-order valence-corrected chi connectivity index (χ4v) is 1.07. The molecule has 9 heteroatoms. The second-order valence-corrected chi connectivity index (χ2v) is 3.12. The van der Waals surface area contributed by atoms with Crippen LogP contribution in [0.25, 0.3) is 0 Å². The number of rotatable bonds is 5. The maximum absolute atomic E-state index is 11.4. The first-order valence-electron chi connectivity index (χ1n) is 4.43. The van der Waals surface area contributed by atoms with Crippen molar-refractivity contribution in [3.05, 3.63) is 22.4 Å². The van der Waals surface area contributed by atoms with Gasteiger partial charge in [-0.05, 0) is 0 Å². The lowest BCUT2D eigenvalue weighted by Crippen LogP contribution is -2.42. The molecule has 0 aliphatic carbocycles. The molecular formula is C8H9N3O6. The van der Waals surface area contributed by atoms with E-state index in [1.54, 1.807) is 0 Å². The molecule has 0 radical (unpaired) electrons. The number of carbonyl (C=O) groups is 3. The number of hydrogen-bond donors (Lipinski definition) is 5. The van der Waals surface area contributed by atoms with Gasteiger partial charge in [0.2, 0.25) is 0 Å². The predicted octanol–water partition coefficient (Wildman–Crippen LogP) is -1.64. The quantitative estimate of drug-likeness (QED) is 0.418. The van der Waals surface area contributed by atoms with Gasteiger partial charge in [-0.1, -0.05) is 0 Å². The van der Waals surface area contributed by atoms with E-state index >= 15 is 0 Å². The number of carboxylic acid groups (broad SMARTS) is 2. The number of aromatic amines is 2. The lowest BCUT2D eigenvalue weighted by molar-refractivity contribution is -0.145. The first kappa shape index (κ1) is 12.5. The van der Waals surface area contributed by atoms with Crippen LogP contribution in [-0.2, 0) is 9.59 Å². The second kappa shape index (κ2) is 4.96. The van der Waals surface area contributed by atoms with Gasteiger partial charge in [0.15, 0.2) is 0 Å². The van der Waals surface area contributed by atoms with E-state index in [0.29, 0.717) is 0 Å². The van der Waals surface area contributed by atoms with Gasteiger partial charge in [-0.15, -0.1) is 0 Å². The van der Waals surface area contributed by atoms with Crippen LogP contribution >= 0.6 is 0 Å². The average Bonchev–Trinajstić information content (AvgIpc) is 2.63. The van der Waals surface area contributed by atoms with Crippen molar-refractivity contribution < 1.29 is 24.6 Å². The standard InChI is InChI=1S/C8H9N3O6/c12-5(13)1-3(7(15)16)10-6(14)4-2-9-8(17)11-4/h2-3H,1H2,(H,10,14)(H,12,13)(H,15,16)(H2,9,11,17)/t3-/m1/s1. The molecular weight excluding hydrogens is 234 g/mol. The molecule has 1 rings (SSSR count). The molecule has 0 spiro atoms. The van der Waals surface area contributed by atoms with Crippen LogP contribution in [0.1, 0.15) is 16.9 Å². The number of imidazole rings is 1. The molecule has 0 aliphatic rings. The van der Waals surface area contributed by atoms with Crippen LogP contribution < -0.4 is 11.0 Å². The highest BCUT2D eigenvalue weighted by atomic mass is 16.4. The largest absolute Gasteiger partial charge is 0.481 e. The highest BCUT2D eigenvalue weighted by Gasteiger charge is 2.24. The van der Waals surface area contributed by atoms with Crippen molar-refractivity contribution in [2.45, 2.75) is 12.5 Å². The van der Waals surface area contributed by atoms with Crippen molar-refractivity contribution in [3.8, 4) is 0 Å². The van der Waals surface area contributed by atoms with Gasteiger partial charge in [-0.3, -0.25) is 9.59 Å². The van der Waals surface area contributed by atoms with Crippen LogP contribution in [0.15, 0.2) is 11.0 Å². The van der Waals surface area contributed by atoms with Gasteiger partial charge >= 0.3 is 17.6 Å². The Morgan fingerprint density at radius 1 is 1.35 bits per heavy atom. The Labute approximate surface area is 93.5 Å².